The van der Waals surface area contributed by atoms with Crippen LogP contribution in [0.4, 0.5) is 4.79 Å². The predicted octanol–water partition coefficient (Wildman–Crippen LogP) is -1.42. The van der Waals surface area contributed by atoms with Gasteiger partial charge >= 0.3 is 12.0 Å². The number of nitrogens with one attached hydrogen (secondary N) is 3. The fourth-order valence-corrected chi connectivity index (χ4v) is 1.50. The van der Waals surface area contributed by atoms with Gasteiger partial charge in [0.15, 0.2) is 0 Å². The average molecular weight is 272 g/mol. The van der Waals surface area contributed by atoms with Gasteiger partial charge in [-0.25, -0.2) is 4.79 Å². The quantitative estimate of drug-likeness (QED) is 0.433. The van der Waals surface area contributed by atoms with Crippen molar-refractivity contribution < 1.29 is 19.5 Å². The Bertz CT molecular complexity index is 344. The third-order valence-electron chi connectivity index (χ3n) is 2.77. The number of amides is 3. The Kier molecular flexibility index (Phi) is 6.07. The van der Waals surface area contributed by atoms with Crippen molar-refractivity contribution in [3.05, 3.63) is 0 Å². The maximum atomic E-state index is 11.3. The van der Waals surface area contributed by atoms with Crippen LogP contribution in [0.25, 0.3) is 0 Å². The van der Waals surface area contributed by atoms with Crippen molar-refractivity contribution in [2.24, 2.45) is 0 Å². The lowest BCUT2D eigenvalue weighted by molar-refractivity contribution is -0.137. The number of urea groups is 1. The van der Waals surface area contributed by atoms with Crippen LogP contribution in [0.3, 0.4) is 0 Å². The van der Waals surface area contributed by atoms with Crippen LogP contribution in [0.2, 0.25) is 0 Å². The second-order valence-corrected chi connectivity index (χ2v) is 4.49. The average Bonchev–Trinajstić information content (AvgIpc) is 3.17. The van der Waals surface area contributed by atoms with Crippen LogP contribution in [0.5, 0.6) is 0 Å². The van der Waals surface area contributed by atoms with E-state index in [1.807, 2.05) is 7.05 Å². The molecule has 0 atom stereocenters. The van der Waals surface area contributed by atoms with Crippen LogP contribution in [-0.4, -0.2) is 67.2 Å². The van der Waals surface area contributed by atoms with Gasteiger partial charge in [-0.15, -0.1) is 0 Å². The van der Waals surface area contributed by atoms with E-state index in [4.69, 9.17) is 5.11 Å². The number of aliphatic carboxylic acids is 1. The van der Waals surface area contributed by atoms with E-state index < -0.39 is 24.5 Å². The molecule has 1 aliphatic carbocycles. The first-order valence-corrected chi connectivity index (χ1v) is 6.19. The van der Waals surface area contributed by atoms with Crippen LogP contribution >= 0.6 is 0 Å². The van der Waals surface area contributed by atoms with Gasteiger partial charge in [-0.2, -0.15) is 0 Å². The first-order valence-electron chi connectivity index (χ1n) is 6.19. The summed E-state index contributed by atoms with van der Waals surface area (Å²) in [7, 11) is 2.01. The second-order valence-electron chi connectivity index (χ2n) is 4.49. The molecule has 0 aromatic rings. The molecule has 0 bridgehead atoms. The monoisotopic (exact) mass is 272 g/mol. The fourth-order valence-electron chi connectivity index (χ4n) is 1.50. The van der Waals surface area contributed by atoms with Crippen LogP contribution in [0.1, 0.15) is 12.8 Å². The van der Waals surface area contributed by atoms with Gasteiger partial charge in [0.05, 0.1) is 6.54 Å². The topological polar surface area (TPSA) is 111 Å². The Labute approximate surface area is 111 Å². The molecule has 1 saturated carbocycles. The molecule has 108 valence electrons. The highest BCUT2D eigenvalue weighted by molar-refractivity contribution is 5.86. The van der Waals surface area contributed by atoms with E-state index in [1.54, 1.807) is 0 Å². The number of hydrogen-bond donors (Lipinski definition) is 4. The molecule has 0 aliphatic heterocycles. The molecule has 1 aliphatic rings. The molecule has 19 heavy (non-hydrogen) atoms. The van der Waals surface area contributed by atoms with E-state index in [1.165, 1.54) is 12.8 Å². The third-order valence-corrected chi connectivity index (χ3v) is 2.77. The van der Waals surface area contributed by atoms with Crippen LogP contribution in [0.15, 0.2) is 0 Å². The zero-order valence-corrected chi connectivity index (χ0v) is 10.9. The van der Waals surface area contributed by atoms with Crippen molar-refractivity contribution in [2.45, 2.75) is 18.9 Å². The summed E-state index contributed by atoms with van der Waals surface area (Å²) < 4.78 is 0. The molecule has 0 aromatic carbocycles. The molecule has 0 aromatic heterocycles. The fraction of sp³-hybridized carbons (Fsp3) is 0.727. The van der Waals surface area contributed by atoms with Gasteiger partial charge in [-0.1, -0.05) is 0 Å². The van der Waals surface area contributed by atoms with Gasteiger partial charge in [0.1, 0.15) is 6.54 Å². The lowest BCUT2D eigenvalue weighted by atomic mass is 10.5. The number of rotatable bonds is 8. The Hall–Kier alpha value is -1.83. The van der Waals surface area contributed by atoms with Gasteiger partial charge in [-0.05, 0) is 19.9 Å². The van der Waals surface area contributed by atoms with Gasteiger partial charge < -0.3 is 26.0 Å². The molecule has 0 heterocycles. The molecule has 1 fully saturated rings. The summed E-state index contributed by atoms with van der Waals surface area (Å²) in [6.45, 7) is 0.588. The molecule has 0 unspecified atom stereocenters. The number of carboxylic acids is 1. The molecule has 0 spiro atoms. The van der Waals surface area contributed by atoms with Crippen molar-refractivity contribution in [1.29, 1.82) is 0 Å². The van der Waals surface area contributed by atoms with Crippen molar-refractivity contribution in [3.8, 4) is 0 Å². The van der Waals surface area contributed by atoms with Crippen LogP contribution in [0, 0.1) is 0 Å². The van der Waals surface area contributed by atoms with Gasteiger partial charge in [-0.3, -0.25) is 9.59 Å². The summed E-state index contributed by atoms with van der Waals surface area (Å²) in [6.07, 6.45) is 2.43. The third kappa shape index (κ3) is 7.24. The summed E-state index contributed by atoms with van der Waals surface area (Å²) in [6, 6.07) is 0.210. The SMILES string of the molecule is CN(CCNC(=O)NCC(=O)NCC(=O)O)C1CC1. The van der Waals surface area contributed by atoms with Crippen molar-refractivity contribution in [1.82, 2.24) is 20.9 Å². The largest absolute Gasteiger partial charge is 0.480 e. The van der Waals surface area contributed by atoms with Crippen LogP contribution < -0.4 is 16.0 Å². The zero-order valence-electron chi connectivity index (χ0n) is 10.9. The molecular weight excluding hydrogens is 252 g/mol. The summed E-state index contributed by atoms with van der Waals surface area (Å²) in [5, 5.41) is 15.5. The number of carbonyl (C=O) groups is 3. The van der Waals surface area contributed by atoms with E-state index >= 15 is 0 Å². The Morgan fingerprint density at radius 3 is 2.42 bits per heavy atom. The van der Waals surface area contributed by atoms with Crippen molar-refractivity contribution >= 4 is 17.9 Å². The number of likely N-dealkylation sites (N-methyl/N-ethyl adjacent to an activating group) is 1. The minimum absolute atomic E-state index is 0.239. The lowest BCUT2D eigenvalue weighted by Gasteiger charge is -2.15. The van der Waals surface area contributed by atoms with E-state index in [0.717, 1.165) is 6.54 Å². The highest BCUT2D eigenvalue weighted by Crippen LogP contribution is 2.24. The highest BCUT2D eigenvalue weighted by atomic mass is 16.4. The minimum Gasteiger partial charge on any atom is -0.480 e. The standard InChI is InChI=1S/C11H20N4O4/c1-15(8-2-3-8)5-4-12-11(19)14-6-9(16)13-7-10(17)18/h8H,2-7H2,1H3,(H,13,16)(H,17,18)(H2,12,14,19). The van der Waals surface area contributed by atoms with Crippen molar-refractivity contribution in [3.63, 3.8) is 0 Å². The lowest BCUT2D eigenvalue weighted by Crippen LogP contribution is -2.44. The normalized spacial score (nSPS) is 14.0. The first-order chi connectivity index (χ1) is 8.99. The molecule has 8 heteroatoms. The molecule has 3 amide bonds. The maximum Gasteiger partial charge on any atom is 0.322 e. The Balaban J connectivity index is 2.00. The first kappa shape index (κ1) is 15.2. The van der Waals surface area contributed by atoms with E-state index in [-0.39, 0.29) is 6.54 Å². The molecule has 0 radical (unpaired) electrons. The Morgan fingerprint density at radius 1 is 1.16 bits per heavy atom. The summed E-state index contributed by atoms with van der Waals surface area (Å²) in [5.41, 5.74) is 0. The molecular formula is C11H20N4O4. The van der Waals surface area contributed by atoms with E-state index in [0.29, 0.717) is 12.6 Å². The van der Waals surface area contributed by atoms with E-state index in [9.17, 15) is 14.4 Å². The molecule has 0 saturated heterocycles. The van der Waals surface area contributed by atoms with E-state index in [2.05, 4.69) is 20.9 Å². The smallest absolute Gasteiger partial charge is 0.322 e. The Morgan fingerprint density at radius 2 is 1.84 bits per heavy atom. The highest BCUT2D eigenvalue weighted by Gasteiger charge is 2.25. The predicted molar refractivity (Wildman–Crippen MR) is 67.7 cm³/mol. The minimum atomic E-state index is -1.12. The second kappa shape index (κ2) is 7.57. The summed E-state index contributed by atoms with van der Waals surface area (Å²) in [4.78, 5) is 34.8. The maximum absolute atomic E-state index is 11.3. The molecule has 1 rings (SSSR count). The van der Waals surface area contributed by atoms with Crippen molar-refractivity contribution in [2.75, 3.05) is 33.2 Å². The molecule has 4 N–H and O–H groups in total. The number of carbonyl (C=O) groups excluding carboxylic acids is 2. The summed E-state index contributed by atoms with van der Waals surface area (Å²) >= 11 is 0. The van der Waals surface area contributed by atoms with Gasteiger partial charge in [0.25, 0.3) is 0 Å². The van der Waals surface area contributed by atoms with Crippen LogP contribution in [-0.2, 0) is 9.59 Å². The van der Waals surface area contributed by atoms with Gasteiger partial charge in [0.2, 0.25) is 5.91 Å². The molecule has 8 nitrogen and oxygen atoms in total. The summed E-state index contributed by atoms with van der Waals surface area (Å²) in [5.74, 6) is -1.66. The number of hydrogen-bond acceptors (Lipinski definition) is 4. The van der Waals surface area contributed by atoms with Gasteiger partial charge in [0, 0.05) is 19.1 Å². The zero-order chi connectivity index (χ0) is 14.3. The number of carboxylic acid groups (broad SMARTS) is 1. The number of nitrogens with zero attached hydrogens (tertiary/aromatic N) is 1.